The van der Waals surface area contributed by atoms with Crippen LogP contribution in [-0.2, 0) is 0 Å². The van der Waals surface area contributed by atoms with Gasteiger partial charge in [0.2, 0.25) is 0 Å². The van der Waals surface area contributed by atoms with Gasteiger partial charge in [0.05, 0.1) is 0 Å². The Bertz CT molecular complexity index is 418. The fourth-order valence-electron chi connectivity index (χ4n) is 1.42. The van der Waals surface area contributed by atoms with Gasteiger partial charge in [0.15, 0.2) is 0 Å². The molecule has 0 bridgehead atoms. The normalized spacial score (nSPS) is 10.6. The molecule has 0 saturated heterocycles. The van der Waals surface area contributed by atoms with Crippen molar-refractivity contribution in [3.63, 3.8) is 0 Å². The lowest BCUT2D eigenvalue weighted by Gasteiger charge is -2.15. The second-order valence-electron chi connectivity index (χ2n) is 4.08. The van der Waals surface area contributed by atoms with E-state index in [0.29, 0.717) is 0 Å². The number of carbonyl (C=O) groups excluding carboxylic acids is 1. The molecule has 1 aromatic carbocycles. The predicted molar refractivity (Wildman–Crippen MR) is 79.2 cm³/mol. The van der Waals surface area contributed by atoms with Crippen molar-refractivity contribution in [2.45, 2.75) is 19.8 Å². The third-order valence-electron chi connectivity index (χ3n) is 2.57. The summed E-state index contributed by atoms with van der Waals surface area (Å²) >= 11 is 3.45. The Labute approximate surface area is 117 Å². The largest absolute Gasteiger partial charge is 0.328 e. The van der Waals surface area contributed by atoms with Gasteiger partial charge in [-0.05, 0) is 24.1 Å². The number of urea groups is 1. The third-order valence-corrected chi connectivity index (χ3v) is 3.29. The summed E-state index contributed by atoms with van der Waals surface area (Å²) in [6, 6.07) is 7.78. The van der Waals surface area contributed by atoms with Crippen LogP contribution in [0.25, 0.3) is 6.08 Å². The molecule has 0 unspecified atom stereocenters. The van der Waals surface area contributed by atoms with Gasteiger partial charge in [0, 0.05) is 24.3 Å². The molecule has 0 aliphatic carbocycles. The Morgan fingerprint density at radius 3 is 2.83 bits per heavy atom. The number of unbranched alkanes of at least 4 members (excludes halogenated alkanes) is 1. The summed E-state index contributed by atoms with van der Waals surface area (Å²) < 4.78 is 1.01. The molecule has 1 aromatic rings. The molecule has 98 valence electrons. The lowest BCUT2D eigenvalue weighted by molar-refractivity contribution is 0.212. The Kier molecular flexibility index (Phi) is 6.50. The highest BCUT2D eigenvalue weighted by molar-refractivity contribution is 9.10. The first-order valence-electron chi connectivity index (χ1n) is 6.08. The van der Waals surface area contributed by atoms with Gasteiger partial charge >= 0.3 is 6.03 Å². The van der Waals surface area contributed by atoms with Crippen molar-refractivity contribution < 1.29 is 4.79 Å². The first kappa shape index (κ1) is 14.8. The topological polar surface area (TPSA) is 32.3 Å². The van der Waals surface area contributed by atoms with E-state index >= 15 is 0 Å². The summed E-state index contributed by atoms with van der Waals surface area (Å²) in [5.41, 5.74) is 1.04. The molecule has 0 spiro atoms. The van der Waals surface area contributed by atoms with Gasteiger partial charge in [-0.2, -0.15) is 0 Å². The SMILES string of the molecule is CCCCN(C)C(=O)N/C=C/c1ccccc1Br. The molecule has 3 nitrogen and oxygen atoms in total. The van der Waals surface area contributed by atoms with E-state index in [1.807, 2.05) is 30.3 Å². The van der Waals surface area contributed by atoms with E-state index in [9.17, 15) is 4.79 Å². The van der Waals surface area contributed by atoms with E-state index in [1.54, 1.807) is 18.1 Å². The minimum Gasteiger partial charge on any atom is -0.328 e. The van der Waals surface area contributed by atoms with Gasteiger partial charge in [-0.15, -0.1) is 0 Å². The van der Waals surface area contributed by atoms with E-state index in [4.69, 9.17) is 0 Å². The van der Waals surface area contributed by atoms with Gasteiger partial charge in [-0.1, -0.05) is 47.5 Å². The van der Waals surface area contributed by atoms with Crippen LogP contribution >= 0.6 is 15.9 Å². The number of nitrogens with one attached hydrogen (secondary N) is 1. The average Bonchev–Trinajstić information content (AvgIpc) is 2.38. The van der Waals surface area contributed by atoms with Gasteiger partial charge < -0.3 is 10.2 Å². The van der Waals surface area contributed by atoms with Gasteiger partial charge in [0.25, 0.3) is 0 Å². The van der Waals surface area contributed by atoms with Crippen LogP contribution in [0.3, 0.4) is 0 Å². The van der Waals surface area contributed by atoms with Crippen LogP contribution in [0.1, 0.15) is 25.3 Å². The van der Waals surface area contributed by atoms with Crippen LogP contribution in [0, 0.1) is 0 Å². The zero-order valence-electron chi connectivity index (χ0n) is 10.8. The summed E-state index contributed by atoms with van der Waals surface area (Å²) in [6.07, 6.45) is 5.66. The Hall–Kier alpha value is -1.29. The highest BCUT2D eigenvalue weighted by Crippen LogP contribution is 2.16. The maximum atomic E-state index is 11.7. The lowest BCUT2D eigenvalue weighted by atomic mass is 10.2. The quantitative estimate of drug-likeness (QED) is 0.880. The van der Waals surface area contributed by atoms with Crippen molar-refractivity contribution in [3.8, 4) is 0 Å². The molecule has 0 aliphatic rings. The molecular weight excluding hydrogens is 292 g/mol. The highest BCUT2D eigenvalue weighted by atomic mass is 79.9. The number of hydrogen-bond acceptors (Lipinski definition) is 1. The van der Waals surface area contributed by atoms with Crippen molar-refractivity contribution in [1.29, 1.82) is 0 Å². The number of rotatable bonds is 5. The number of halogens is 1. The molecule has 0 saturated carbocycles. The van der Waals surface area contributed by atoms with Crippen LogP contribution in [-0.4, -0.2) is 24.5 Å². The number of nitrogens with zero attached hydrogens (tertiary/aromatic N) is 1. The highest BCUT2D eigenvalue weighted by Gasteiger charge is 2.04. The lowest BCUT2D eigenvalue weighted by Crippen LogP contribution is -2.34. The summed E-state index contributed by atoms with van der Waals surface area (Å²) in [5.74, 6) is 0. The van der Waals surface area contributed by atoms with E-state index in [0.717, 1.165) is 29.4 Å². The molecule has 2 amide bonds. The molecule has 0 atom stereocenters. The maximum absolute atomic E-state index is 11.7. The molecule has 0 aromatic heterocycles. The summed E-state index contributed by atoms with van der Waals surface area (Å²) in [7, 11) is 1.80. The molecule has 18 heavy (non-hydrogen) atoms. The van der Waals surface area contributed by atoms with Crippen LogP contribution in [0.5, 0.6) is 0 Å². The summed E-state index contributed by atoms with van der Waals surface area (Å²) in [5, 5.41) is 2.75. The fourth-order valence-corrected chi connectivity index (χ4v) is 1.84. The second kappa shape index (κ2) is 7.93. The van der Waals surface area contributed by atoms with Crippen LogP contribution in [0.15, 0.2) is 34.9 Å². The zero-order valence-corrected chi connectivity index (χ0v) is 12.4. The third kappa shape index (κ3) is 4.92. The van der Waals surface area contributed by atoms with Gasteiger partial charge in [0.1, 0.15) is 0 Å². The van der Waals surface area contributed by atoms with E-state index in [-0.39, 0.29) is 6.03 Å². The Morgan fingerprint density at radius 1 is 1.44 bits per heavy atom. The van der Waals surface area contributed by atoms with Crippen LogP contribution in [0.4, 0.5) is 4.79 Å². The van der Waals surface area contributed by atoms with Crippen molar-refractivity contribution in [1.82, 2.24) is 10.2 Å². The molecule has 1 rings (SSSR count). The standard InChI is InChI=1S/C14H19BrN2O/c1-3-4-11-17(2)14(18)16-10-9-12-7-5-6-8-13(12)15/h5-10H,3-4,11H2,1-2H3,(H,16,18)/b10-9+. The minimum absolute atomic E-state index is 0.0771. The fraction of sp³-hybridized carbons (Fsp3) is 0.357. The van der Waals surface area contributed by atoms with Crippen molar-refractivity contribution >= 4 is 28.0 Å². The monoisotopic (exact) mass is 310 g/mol. The van der Waals surface area contributed by atoms with Gasteiger partial charge in [-0.25, -0.2) is 4.79 Å². The predicted octanol–water partition coefficient (Wildman–Crippen LogP) is 3.86. The molecule has 0 fully saturated rings. The van der Waals surface area contributed by atoms with Crippen molar-refractivity contribution in [3.05, 3.63) is 40.5 Å². The molecule has 0 aliphatic heterocycles. The molecular formula is C14H19BrN2O. The maximum Gasteiger partial charge on any atom is 0.321 e. The summed E-state index contributed by atoms with van der Waals surface area (Å²) in [6.45, 7) is 2.89. The molecule has 1 N–H and O–H groups in total. The Morgan fingerprint density at radius 2 is 2.17 bits per heavy atom. The molecule has 4 heteroatoms. The average molecular weight is 311 g/mol. The molecule has 0 heterocycles. The van der Waals surface area contributed by atoms with Crippen LogP contribution < -0.4 is 5.32 Å². The number of amides is 2. The number of benzene rings is 1. The first-order valence-corrected chi connectivity index (χ1v) is 6.87. The van der Waals surface area contributed by atoms with Crippen molar-refractivity contribution in [2.24, 2.45) is 0 Å². The van der Waals surface area contributed by atoms with Crippen molar-refractivity contribution in [2.75, 3.05) is 13.6 Å². The second-order valence-corrected chi connectivity index (χ2v) is 4.93. The van der Waals surface area contributed by atoms with Crippen LogP contribution in [0.2, 0.25) is 0 Å². The molecule has 0 radical (unpaired) electrons. The van der Waals surface area contributed by atoms with Gasteiger partial charge in [-0.3, -0.25) is 0 Å². The minimum atomic E-state index is -0.0771. The Balaban J connectivity index is 2.45. The van der Waals surface area contributed by atoms with E-state index < -0.39 is 0 Å². The smallest absolute Gasteiger partial charge is 0.321 e. The zero-order chi connectivity index (χ0) is 13.4. The first-order chi connectivity index (χ1) is 8.65. The number of carbonyl (C=O) groups is 1. The van der Waals surface area contributed by atoms with E-state index in [1.165, 1.54) is 0 Å². The number of hydrogen-bond donors (Lipinski definition) is 1. The summed E-state index contributed by atoms with van der Waals surface area (Å²) in [4.78, 5) is 13.4. The van der Waals surface area contributed by atoms with E-state index in [2.05, 4.69) is 28.2 Å².